The average molecular weight is 417 g/mol. The number of anilines is 2. The molecule has 0 amide bonds. The number of carbonyl (C=O) groups is 1. The van der Waals surface area contributed by atoms with Gasteiger partial charge < -0.3 is 9.80 Å². The minimum absolute atomic E-state index is 0.0522. The van der Waals surface area contributed by atoms with E-state index < -0.39 is 0 Å². The number of Topliss-reactive ketones (excluding diaryl/α,β-unsaturated/α-hetero) is 1. The number of carbonyl (C=O) groups excluding carboxylic acids is 1. The zero-order chi connectivity index (χ0) is 21.3. The van der Waals surface area contributed by atoms with Gasteiger partial charge in [-0.05, 0) is 47.2 Å². The molecule has 2 heterocycles. The van der Waals surface area contributed by atoms with Crippen molar-refractivity contribution in [2.45, 2.75) is 12.1 Å². The number of allylic oxidation sites excluding steroid dienone is 1. The molecule has 0 bridgehead atoms. The Hall–Kier alpha value is -3.64. The van der Waals surface area contributed by atoms with Crippen LogP contribution in [0.2, 0.25) is 0 Å². The summed E-state index contributed by atoms with van der Waals surface area (Å²) in [6, 6.07) is 17.7. The van der Waals surface area contributed by atoms with E-state index >= 15 is 0 Å². The highest BCUT2D eigenvalue weighted by Gasteiger charge is 2.31. The Kier molecular flexibility index (Phi) is 5.25. The summed E-state index contributed by atoms with van der Waals surface area (Å²) in [6.45, 7) is 1.99. The van der Waals surface area contributed by atoms with Crippen LogP contribution in [0.3, 0.4) is 0 Å². The molecule has 1 aromatic heterocycles. The van der Waals surface area contributed by atoms with E-state index in [-0.39, 0.29) is 17.1 Å². The largest absolute Gasteiger partial charge is 0.328 e. The van der Waals surface area contributed by atoms with Crippen LogP contribution in [0.15, 0.2) is 65.1 Å². The van der Waals surface area contributed by atoms with Crippen LogP contribution in [0.4, 0.5) is 11.4 Å². The predicted molar refractivity (Wildman–Crippen MR) is 116 cm³/mol. The first-order valence-electron chi connectivity index (χ1n) is 9.23. The molecule has 150 valence electrons. The lowest BCUT2D eigenvalue weighted by atomic mass is 10.2. The molecule has 0 N–H and O–H groups in total. The third kappa shape index (κ3) is 3.42. The van der Waals surface area contributed by atoms with Crippen molar-refractivity contribution in [3.8, 4) is 11.8 Å². The van der Waals surface area contributed by atoms with E-state index in [1.807, 2.05) is 79.3 Å². The van der Waals surface area contributed by atoms with Crippen LogP contribution in [-0.4, -0.2) is 45.8 Å². The molecule has 0 radical (unpaired) electrons. The summed E-state index contributed by atoms with van der Waals surface area (Å²) in [6.07, 6.45) is 0. The van der Waals surface area contributed by atoms with Crippen LogP contribution in [0, 0.1) is 18.3 Å². The van der Waals surface area contributed by atoms with Gasteiger partial charge in [0.15, 0.2) is 5.78 Å². The van der Waals surface area contributed by atoms with Crippen molar-refractivity contribution in [1.82, 2.24) is 20.2 Å². The van der Waals surface area contributed by atoms with E-state index in [0.717, 1.165) is 22.6 Å². The van der Waals surface area contributed by atoms with E-state index in [0.29, 0.717) is 11.0 Å². The van der Waals surface area contributed by atoms with E-state index in [4.69, 9.17) is 0 Å². The highest BCUT2D eigenvalue weighted by atomic mass is 32.2. The lowest BCUT2D eigenvalue weighted by Crippen LogP contribution is -2.26. The molecular formula is C21H19N7OS. The molecule has 0 aliphatic carbocycles. The molecule has 0 fully saturated rings. The third-order valence-corrected chi connectivity index (χ3v) is 5.79. The fourth-order valence-electron chi connectivity index (χ4n) is 3.45. The second-order valence-corrected chi connectivity index (χ2v) is 7.78. The summed E-state index contributed by atoms with van der Waals surface area (Å²) in [5, 5.41) is 22.0. The van der Waals surface area contributed by atoms with Gasteiger partial charge in [-0.1, -0.05) is 36.0 Å². The normalized spacial score (nSPS) is 12.7. The van der Waals surface area contributed by atoms with Gasteiger partial charge in [-0.3, -0.25) is 4.79 Å². The summed E-state index contributed by atoms with van der Waals surface area (Å²) >= 11 is 1.21. The van der Waals surface area contributed by atoms with Crippen molar-refractivity contribution >= 4 is 28.9 Å². The average Bonchev–Trinajstić information content (AvgIpc) is 3.32. The van der Waals surface area contributed by atoms with E-state index in [1.54, 1.807) is 4.68 Å². The minimum Gasteiger partial charge on any atom is -0.328 e. The molecule has 3 aromatic rings. The van der Waals surface area contributed by atoms with Crippen LogP contribution in [0.5, 0.6) is 0 Å². The zero-order valence-corrected chi connectivity index (χ0v) is 17.6. The van der Waals surface area contributed by atoms with Gasteiger partial charge >= 0.3 is 0 Å². The molecule has 0 spiro atoms. The molecule has 0 saturated heterocycles. The molecular weight excluding hydrogens is 398 g/mol. The summed E-state index contributed by atoms with van der Waals surface area (Å²) in [7, 11) is 3.71. The van der Waals surface area contributed by atoms with Crippen molar-refractivity contribution in [2.24, 2.45) is 0 Å². The smallest absolute Gasteiger partial charge is 0.214 e. The third-order valence-electron chi connectivity index (χ3n) is 4.87. The quantitative estimate of drug-likeness (QED) is 0.356. The summed E-state index contributed by atoms with van der Waals surface area (Å²) in [4.78, 5) is 16.7. The Labute approximate surface area is 178 Å². The maximum atomic E-state index is 13.0. The van der Waals surface area contributed by atoms with Gasteiger partial charge in [0.1, 0.15) is 17.5 Å². The number of para-hydroxylation sites is 2. The Morgan fingerprint density at radius 2 is 1.80 bits per heavy atom. The number of tetrazole rings is 1. The highest BCUT2D eigenvalue weighted by Crippen LogP contribution is 2.40. The van der Waals surface area contributed by atoms with Crippen LogP contribution >= 0.6 is 11.8 Å². The molecule has 9 heteroatoms. The number of thioether (sulfide) groups is 1. The number of benzene rings is 2. The molecule has 8 nitrogen and oxygen atoms in total. The number of aromatic nitrogens is 4. The van der Waals surface area contributed by atoms with Gasteiger partial charge in [-0.25, -0.2) is 0 Å². The summed E-state index contributed by atoms with van der Waals surface area (Å²) in [5.74, 6) is 0.349. The summed E-state index contributed by atoms with van der Waals surface area (Å²) in [5.41, 5.74) is 3.91. The van der Waals surface area contributed by atoms with E-state index in [2.05, 4.69) is 21.6 Å². The number of aryl methyl sites for hydroxylation is 1. The standard InChI is InChI=1S/C21H19N7OS/c1-14-7-6-8-15(11-14)28-21(23-24-25-28)30-13-19(29)16(12-22)20-26(2)17-9-4-5-10-18(17)27(20)3/h4-11H,13H2,1-3H3. The maximum Gasteiger partial charge on any atom is 0.214 e. The van der Waals surface area contributed by atoms with Crippen LogP contribution in [-0.2, 0) is 4.79 Å². The van der Waals surface area contributed by atoms with Gasteiger partial charge in [0.25, 0.3) is 0 Å². The minimum atomic E-state index is -0.275. The molecule has 1 aliphatic rings. The van der Waals surface area contributed by atoms with E-state index in [1.165, 1.54) is 11.8 Å². The molecule has 0 atom stereocenters. The Balaban J connectivity index is 1.57. The number of hydrogen-bond acceptors (Lipinski definition) is 8. The number of rotatable bonds is 5. The van der Waals surface area contributed by atoms with Crippen LogP contribution in [0.25, 0.3) is 5.69 Å². The summed E-state index contributed by atoms with van der Waals surface area (Å²) < 4.78 is 1.59. The van der Waals surface area contributed by atoms with Gasteiger partial charge in [-0.15, -0.1) is 5.10 Å². The van der Waals surface area contributed by atoms with Gasteiger partial charge in [-0.2, -0.15) is 9.94 Å². The number of nitriles is 1. The number of ketones is 1. The van der Waals surface area contributed by atoms with Crippen molar-refractivity contribution in [2.75, 3.05) is 29.6 Å². The first-order valence-corrected chi connectivity index (χ1v) is 10.2. The van der Waals surface area contributed by atoms with Gasteiger partial charge in [0.05, 0.1) is 22.8 Å². The second-order valence-electron chi connectivity index (χ2n) is 6.84. The first kappa shape index (κ1) is 19.7. The Morgan fingerprint density at radius 1 is 1.10 bits per heavy atom. The molecule has 1 aliphatic heterocycles. The fraction of sp³-hybridized carbons (Fsp3) is 0.190. The van der Waals surface area contributed by atoms with Crippen molar-refractivity contribution in [3.63, 3.8) is 0 Å². The second kappa shape index (κ2) is 8.00. The van der Waals surface area contributed by atoms with Crippen molar-refractivity contribution in [3.05, 3.63) is 65.5 Å². The SMILES string of the molecule is Cc1cccc(-n2nnnc2SCC(=O)C(C#N)=C2N(C)c3ccccc3N2C)c1. The van der Waals surface area contributed by atoms with Crippen LogP contribution < -0.4 is 9.80 Å². The van der Waals surface area contributed by atoms with Crippen LogP contribution in [0.1, 0.15) is 5.56 Å². The number of hydrogen-bond donors (Lipinski definition) is 0. The van der Waals surface area contributed by atoms with Crippen molar-refractivity contribution in [1.29, 1.82) is 5.26 Å². The lowest BCUT2D eigenvalue weighted by Gasteiger charge is -2.19. The van der Waals surface area contributed by atoms with Gasteiger partial charge in [0.2, 0.25) is 5.16 Å². The van der Waals surface area contributed by atoms with Gasteiger partial charge in [0, 0.05) is 14.1 Å². The molecule has 30 heavy (non-hydrogen) atoms. The topological polar surface area (TPSA) is 90.9 Å². The number of fused-ring (bicyclic) bond motifs is 1. The fourth-order valence-corrected chi connectivity index (χ4v) is 4.21. The van der Waals surface area contributed by atoms with Crippen molar-refractivity contribution < 1.29 is 4.79 Å². The maximum absolute atomic E-state index is 13.0. The molecule has 0 saturated carbocycles. The van der Waals surface area contributed by atoms with E-state index in [9.17, 15) is 10.1 Å². The Bertz CT molecular complexity index is 1160. The predicted octanol–water partition coefficient (Wildman–Crippen LogP) is 2.95. The Morgan fingerprint density at radius 3 is 2.43 bits per heavy atom. The lowest BCUT2D eigenvalue weighted by molar-refractivity contribution is -0.112. The highest BCUT2D eigenvalue weighted by molar-refractivity contribution is 7.99. The monoisotopic (exact) mass is 417 g/mol. The molecule has 2 aromatic carbocycles. The zero-order valence-electron chi connectivity index (χ0n) is 16.8. The molecule has 0 unspecified atom stereocenters. The first-order chi connectivity index (χ1) is 14.5. The number of nitrogens with zero attached hydrogens (tertiary/aromatic N) is 7. The molecule has 4 rings (SSSR count).